The Hall–Kier alpha value is -1.10. The van der Waals surface area contributed by atoms with Crippen LogP contribution in [0.5, 0.6) is 0 Å². The summed E-state index contributed by atoms with van der Waals surface area (Å²) in [6.07, 6.45) is 1.75. The molecule has 5 nitrogen and oxygen atoms in total. The van der Waals surface area contributed by atoms with Crippen molar-refractivity contribution >= 4 is 11.9 Å². The topological polar surface area (TPSA) is 58.6 Å². The van der Waals surface area contributed by atoms with Crippen LogP contribution < -0.4 is 5.32 Å². The van der Waals surface area contributed by atoms with Crippen LogP contribution in [0, 0.1) is 0 Å². The first kappa shape index (κ1) is 11.0. The van der Waals surface area contributed by atoms with Gasteiger partial charge in [0.15, 0.2) is 0 Å². The molecular formula is C9H16N2O3. The van der Waals surface area contributed by atoms with Crippen LogP contribution in [-0.2, 0) is 9.53 Å². The van der Waals surface area contributed by atoms with Gasteiger partial charge in [0.2, 0.25) is 5.91 Å². The summed E-state index contributed by atoms with van der Waals surface area (Å²) in [5.74, 6) is -0.354. The number of imide groups is 1. The Morgan fingerprint density at radius 3 is 2.50 bits per heavy atom. The van der Waals surface area contributed by atoms with Crippen LogP contribution in [0.25, 0.3) is 0 Å². The van der Waals surface area contributed by atoms with Crippen LogP contribution in [0.3, 0.4) is 0 Å². The van der Waals surface area contributed by atoms with E-state index in [1.54, 1.807) is 7.05 Å². The Labute approximate surface area is 83.4 Å². The molecule has 0 aromatic rings. The Morgan fingerprint density at radius 2 is 2.07 bits per heavy atom. The van der Waals surface area contributed by atoms with Crippen LogP contribution >= 0.6 is 0 Å². The second-order valence-corrected chi connectivity index (χ2v) is 3.58. The predicted octanol–water partition coefficient (Wildman–Crippen LogP) is 0.699. The number of nitrogens with zero attached hydrogens (tertiary/aromatic N) is 1. The second kappa shape index (κ2) is 4.41. The van der Waals surface area contributed by atoms with Gasteiger partial charge in [-0.15, -0.1) is 0 Å². The van der Waals surface area contributed by atoms with Crippen molar-refractivity contribution in [3.8, 4) is 0 Å². The lowest BCUT2D eigenvalue weighted by Crippen LogP contribution is -2.45. The van der Waals surface area contributed by atoms with E-state index in [1.165, 1.54) is 11.8 Å². The Morgan fingerprint density at radius 1 is 1.43 bits per heavy atom. The first-order valence-corrected chi connectivity index (χ1v) is 4.70. The van der Waals surface area contributed by atoms with E-state index in [4.69, 9.17) is 4.74 Å². The molecule has 3 amide bonds. The highest BCUT2D eigenvalue weighted by molar-refractivity contribution is 5.92. The van der Waals surface area contributed by atoms with Gasteiger partial charge in [0.25, 0.3) is 0 Å². The smallest absolute Gasteiger partial charge is 0.325 e. The van der Waals surface area contributed by atoms with Crippen molar-refractivity contribution in [1.82, 2.24) is 10.2 Å². The van der Waals surface area contributed by atoms with E-state index in [1.807, 2.05) is 6.92 Å². The van der Waals surface area contributed by atoms with Crippen molar-refractivity contribution in [2.24, 2.45) is 0 Å². The maximum atomic E-state index is 11.4. The summed E-state index contributed by atoms with van der Waals surface area (Å²) < 4.78 is 5.48. The van der Waals surface area contributed by atoms with Crippen molar-refractivity contribution < 1.29 is 14.3 Å². The standard InChI is InChI=1S/C9H16N2O3/c1-6-4-5-8(14-6)11(3)9(13)10-7(2)12/h6,8H,4-5H2,1-3H3,(H,10,12,13). The lowest BCUT2D eigenvalue weighted by Gasteiger charge is -2.23. The number of carbonyl (C=O) groups excluding carboxylic acids is 2. The van der Waals surface area contributed by atoms with Crippen LogP contribution in [0.4, 0.5) is 4.79 Å². The van der Waals surface area contributed by atoms with Gasteiger partial charge in [0, 0.05) is 14.0 Å². The van der Waals surface area contributed by atoms with Gasteiger partial charge in [-0.3, -0.25) is 10.1 Å². The fraction of sp³-hybridized carbons (Fsp3) is 0.778. The van der Waals surface area contributed by atoms with Gasteiger partial charge < -0.3 is 9.64 Å². The molecule has 0 spiro atoms. The fourth-order valence-electron chi connectivity index (χ4n) is 1.44. The van der Waals surface area contributed by atoms with Gasteiger partial charge >= 0.3 is 6.03 Å². The second-order valence-electron chi connectivity index (χ2n) is 3.58. The van der Waals surface area contributed by atoms with E-state index in [0.717, 1.165) is 12.8 Å². The fourth-order valence-corrected chi connectivity index (χ4v) is 1.44. The first-order valence-electron chi connectivity index (χ1n) is 4.70. The third-order valence-electron chi connectivity index (χ3n) is 2.24. The minimum Gasteiger partial charge on any atom is -0.355 e. The molecule has 0 saturated carbocycles. The minimum atomic E-state index is -0.406. The number of rotatable bonds is 1. The normalized spacial score (nSPS) is 25.9. The number of carbonyl (C=O) groups is 2. The monoisotopic (exact) mass is 200 g/mol. The number of nitrogens with one attached hydrogen (secondary N) is 1. The lowest BCUT2D eigenvalue weighted by atomic mass is 10.2. The van der Waals surface area contributed by atoms with Gasteiger partial charge in [-0.05, 0) is 19.8 Å². The highest BCUT2D eigenvalue weighted by Crippen LogP contribution is 2.20. The molecule has 14 heavy (non-hydrogen) atoms. The Bertz CT molecular complexity index is 242. The van der Waals surface area contributed by atoms with Crippen LogP contribution in [0.2, 0.25) is 0 Å². The van der Waals surface area contributed by atoms with Gasteiger partial charge in [0.05, 0.1) is 6.10 Å². The molecule has 2 unspecified atom stereocenters. The zero-order valence-electron chi connectivity index (χ0n) is 8.74. The average Bonchev–Trinajstić information content (AvgIpc) is 2.49. The van der Waals surface area contributed by atoms with Crippen molar-refractivity contribution in [2.45, 2.75) is 39.0 Å². The first-order chi connectivity index (χ1) is 6.50. The molecule has 1 aliphatic rings. The van der Waals surface area contributed by atoms with E-state index in [-0.39, 0.29) is 18.2 Å². The summed E-state index contributed by atoms with van der Waals surface area (Å²) in [5, 5.41) is 2.20. The maximum Gasteiger partial charge on any atom is 0.325 e. The molecule has 0 radical (unpaired) electrons. The quantitative estimate of drug-likeness (QED) is 0.677. The van der Waals surface area contributed by atoms with E-state index in [9.17, 15) is 9.59 Å². The SMILES string of the molecule is CC(=O)NC(=O)N(C)C1CCC(C)O1. The zero-order chi connectivity index (χ0) is 10.7. The molecule has 1 rings (SSSR count). The number of hydrogen-bond acceptors (Lipinski definition) is 3. The predicted molar refractivity (Wildman–Crippen MR) is 50.5 cm³/mol. The molecule has 5 heteroatoms. The molecule has 0 aliphatic carbocycles. The molecule has 1 heterocycles. The summed E-state index contributed by atoms with van der Waals surface area (Å²) in [6, 6.07) is -0.406. The third-order valence-corrected chi connectivity index (χ3v) is 2.24. The maximum absolute atomic E-state index is 11.4. The molecule has 2 atom stereocenters. The van der Waals surface area contributed by atoms with E-state index < -0.39 is 6.03 Å². The van der Waals surface area contributed by atoms with E-state index in [0.29, 0.717) is 0 Å². The minimum absolute atomic E-state index is 0.188. The lowest BCUT2D eigenvalue weighted by molar-refractivity contribution is -0.118. The summed E-state index contributed by atoms with van der Waals surface area (Å²) >= 11 is 0. The Balaban J connectivity index is 2.44. The molecule has 0 aromatic heterocycles. The average molecular weight is 200 g/mol. The van der Waals surface area contributed by atoms with Crippen LogP contribution in [0.1, 0.15) is 26.7 Å². The van der Waals surface area contributed by atoms with Gasteiger partial charge in [-0.2, -0.15) is 0 Å². The van der Waals surface area contributed by atoms with E-state index in [2.05, 4.69) is 5.32 Å². The molecular weight excluding hydrogens is 184 g/mol. The highest BCUT2D eigenvalue weighted by Gasteiger charge is 2.28. The largest absolute Gasteiger partial charge is 0.355 e. The summed E-state index contributed by atoms with van der Waals surface area (Å²) in [5.41, 5.74) is 0. The van der Waals surface area contributed by atoms with Gasteiger partial charge in [-0.25, -0.2) is 4.79 Å². The number of ether oxygens (including phenoxy) is 1. The molecule has 1 aliphatic heterocycles. The molecule has 0 bridgehead atoms. The van der Waals surface area contributed by atoms with Crippen molar-refractivity contribution in [3.63, 3.8) is 0 Å². The molecule has 1 fully saturated rings. The Kier molecular flexibility index (Phi) is 3.46. The summed E-state index contributed by atoms with van der Waals surface area (Å²) in [7, 11) is 1.63. The van der Waals surface area contributed by atoms with Crippen LogP contribution in [0.15, 0.2) is 0 Å². The number of hydrogen-bond donors (Lipinski definition) is 1. The number of amides is 3. The zero-order valence-corrected chi connectivity index (χ0v) is 8.74. The van der Waals surface area contributed by atoms with Gasteiger partial charge in [-0.1, -0.05) is 0 Å². The van der Waals surface area contributed by atoms with Crippen molar-refractivity contribution in [1.29, 1.82) is 0 Å². The van der Waals surface area contributed by atoms with Crippen molar-refractivity contribution in [2.75, 3.05) is 7.05 Å². The number of urea groups is 1. The highest BCUT2D eigenvalue weighted by atomic mass is 16.5. The van der Waals surface area contributed by atoms with Crippen LogP contribution in [-0.4, -0.2) is 36.2 Å². The molecule has 0 aromatic carbocycles. The molecule has 1 saturated heterocycles. The van der Waals surface area contributed by atoms with Gasteiger partial charge in [0.1, 0.15) is 6.23 Å². The summed E-state index contributed by atoms with van der Waals surface area (Å²) in [4.78, 5) is 23.4. The van der Waals surface area contributed by atoms with Crippen molar-refractivity contribution in [3.05, 3.63) is 0 Å². The van der Waals surface area contributed by atoms with E-state index >= 15 is 0 Å². The molecule has 1 N–H and O–H groups in total. The molecule has 80 valence electrons. The third kappa shape index (κ3) is 2.70. The summed E-state index contributed by atoms with van der Waals surface area (Å²) in [6.45, 7) is 3.28.